The number of hydrogen-bond acceptors (Lipinski definition) is 5. The van der Waals surface area contributed by atoms with Crippen LogP contribution in [0.3, 0.4) is 0 Å². The van der Waals surface area contributed by atoms with Crippen LogP contribution in [0.5, 0.6) is 0 Å². The van der Waals surface area contributed by atoms with Crippen LogP contribution in [0.15, 0.2) is 44.5 Å². The van der Waals surface area contributed by atoms with Gasteiger partial charge in [0.25, 0.3) is 0 Å². The number of aliphatic imine (C=N–C) groups is 1. The van der Waals surface area contributed by atoms with Gasteiger partial charge in [-0.15, -0.1) is 24.0 Å². The maximum absolute atomic E-state index is 5.60. The standard InChI is InChI=1S/C21H27N5O2.HI/c1-5-22-21(23-11-10-19-15(3)26-28-16(19)4)24-12-18-13-27-20(25-18)17-8-6-14(2)7-9-17;/h6-9,13H,5,10-12H2,1-4H3,(H2,22,23,24);1H. The van der Waals surface area contributed by atoms with E-state index in [1.807, 2.05) is 45.0 Å². The smallest absolute Gasteiger partial charge is 0.226 e. The van der Waals surface area contributed by atoms with Crippen LogP contribution in [-0.4, -0.2) is 29.2 Å². The van der Waals surface area contributed by atoms with Crippen LogP contribution in [-0.2, 0) is 13.0 Å². The highest BCUT2D eigenvalue weighted by molar-refractivity contribution is 14.0. The van der Waals surface area contributed by atoms with Crippen molar-refractivity contribution in [2.45, 2.75) is 40.7 Å². The van der Waals surface area contributed by atoms with Gasteiger partial charge in [-0.2, -0.15) is 0 Å². The molecule has 2 heterocycles. The van der Waals surface area contributed by atoms with Gasteiger partial charge < -0.3 is 19.6 Å². The number of benzene rings is 1. The van der Waals surface area contributed by atoms with E-state index in [-0.39, 0.29) is 24.0 Å². The SMILES string of the molecule is CCNC(=NCc1coc(-c2ccc(C)cc2)n1)NCCc1c(C)noc1C.I. The Labute approximate surface area is 188 Å². The summed E-state index contributed by atoms with van der Waals surface area (Å²) in [5.74, 6) is 2.23. The number of hydrogen-bond donors (Lipinski definition) is 2. The normalized spacial score (nSPS) is 11.2. The lowest BCUT2D eigenvalue weighted by Gasteiger charge is -2.10. The number of aromatic nitrogens is 2. The van der Waals surface area contributed by atoms with E-state index in [0.29, 0.717) is 12.4 Å². The van der Waals surface area contributed by atoms with E-state index in [9.17, 15) is 0 Å². The van der Waals surface area contributed by atoms with Crippen LogP contribution >= 0.6 is 24.0 Å². The van der Waals surface area contributed by atoms with E-state index in [1.54, 1.807) is 6.26 Å². The second-order valence-electron chi connectivity index (χ2n) is 6.68. The molecule has 0 aliphatic rings. The Balaban J connectivity index is 0.00000300. The van der Waals surface area contributed by atoms with Gasteiger partial charge in [0.1, 0.15) is 17.7 Å². The summed E-state index contributed by atoms with van der Waals surface area (Å²) in [7, 11) is 0. The van der Waals surface area contributed by atoms with Gasteiger partial charge in [0, 0.05) is 24.2 Å². The minimum absolute atomic E-state index is 0. The van der Waals surface area contributed by atoms with Gasteiger partial charge in [-0.25, -0.2) is 9.98 Å². The van der Waals surface area contributed by atoms with Gasteiger partial charge in [-0.3, -0.25) is 0 Å². The Morgan fingerprint density at radius 1 is 1.10 bits per heavy atom. The molecule has 2 N–H and O–H groups in total. The van der Waals surface area contributed by atoms with Crippen LogP contribution < -0.4 is 10.6 Å². The molecule has 8 heteroatoms. The quantitative estimate of drug-likeness (QED) is 0.283. The number of nitrogens with zero attached hydrogens (tertiary/aromatic N) is 3. The Hall–Kier alpha value is -2.36. The van der Waals surface area contributed by atoms with Gasteiger partial charge in [0.2, 0.25) is 5.89 Å². The first-order chi connectivity index (χ1) is 13.6. The molecule has 0 spiro atoms. The van der Waals surface area contributed by atoms with E-state index in [4.69, 9.17) is 8.94 Å². The lowest BCUT2D eigenvalue weighted by atomic mass is 10.1. The molecule has 1 aromatic carbocycles. The monoisotopic (exact) mass is 509 g/mol. The van der Waals surface area contributed by atoms with Crippen molar-refractivity contribution in [3.8, 4) is 11.5 Å². The molecule has 0 fully saturated rings. The fourth-order valence-corrected chi connectivity index (χ4v) is 2.87. The topological polar surface area (TPSA) is 88.5 Å². The number of guanidine groups is 1. The summed E-state index contributed by atoms with van der Waals surface area (Å²) < 4.78 is 10.8. The minimum Gasteiger partial charge on any atom is -0.444 e. The summed E-state index contributed by atoms with van der Waals surface area (Å²) in [4.78, 5) is 9.14. The number of nitrogens with one attached hydrogen (secondary N) is 2. The molecule has 0 saturated carbocycles. The van der Waals surface area contributed by atoms with Crippen LogP contribution in [0.1, 0.15) is 35.2 Å². The summed E-state index contributed by atoms with van der Waals surface area (Å²) in [6.07, 6.45) is 2.49. The largest absolute Gasteiger partial charge is 0.444 e. The maximum Gasteiger partial charge on any atom is 0.226 e. The molecular formula is C21H28IN5O2. The summed E-state index contributed by atoms with van der Waals surface area (Å²) in [5.41, 5.74) is 5.04. The molecule has 3 rings (SSSR count). The molecule has 0 aliphatic carbocycles. The zero-order valence-electron chi connectivity index (χ0n) is 17.3. The van der Waals surface area contributed by atoms with Gasteiger partial charge in [0.05, 0.1) is 12.2 Å². The van der Waals surface area contributed by atoms with Gasteiger partial charge in [-0.05, 0) is 46.2 Å². The minimum atomic E-state index is 0. The molecule has 0 amide bonds. The molecule has 7 nitrogen and oxygen atoms in total. The highest BCUT2D eigenvalue weighted by Gasteiger charge is 2.09. The molecule has 0 unspecified atom stereocenters. The first-order valence-corrected chi connectivity index (χ1v) is 9.52. The number of oxazole rings is 1. The Bertz CT molecular complexity index is 911. The fraction of sp³-hybridized carbons (Fsp3) is 0.381. The van der Waals surface area contributed by atoms with Gasteiger partial charge in [-0.1, -0.05) is 22.9 Å². The van der Waals surface area contributed by atoms with Crippen LogP contribution in [0.4, 0.5) is 0 Å². The molecule has 0 radical (unpaired) electrons. The van der Waals surface area contributed by atoms with Crippen molar-refractivity contribution in [2.75, 3.05) is 13.1 Å². The molecule has 29 heavy (non-hydrogen) atoms. The first-order valence-electron chi connectivity index (χ1n) is 9.52. The number of rotatable bonds is 7. The molecule has 0 aliphatic heterocycles. The average Bonchev–Trinajstić information content (AvgIpc) is 3.28. The number of aryl methyl sites for hydroxylation is 3. The second kappa shape index (κ2) is 11.0. The van der Waals surface area contributed by atoms with E-state index in [1.165, 1.54) is 5.56 Å². The van der Waals surface area contributed by atoms with Crippen LogP contribution in [0.25, 0.3) is 11.5 Å². The zero-order valence-corrected chi connectivity index (χ0v) is 19.6. The molecule has 3 aromatic rings. The highest BCUT2D eigenvalue weighted by atomic mass is 127. The molecule has 156 valence electrons. The van der Waals surface area contributed by atoms with E-state index in [2.05, 4.69) is 32.7 Å². The second-order valence-corrected chi connectivity index (χ2v) is 6.68. The molecule has 0 saturated heterocycles. The lowest BCUT2D eigenvalue weighted by molar-refractivity contribution is 0.392. The molecule has 0 atom stereocenters. The van der Waals surface area contributed by atoms with E-state index in [0.717, 1.165) is 53.7 Å². The van der Waals surface area contributed by atoms with Gasteiger partial charge in [0.15, 0.2) is 5.96 Å². The predicted molar refractivity (Wildman–Crippen MR) is 125 cm³/mol. The third kappa shape index (κ3) is 6.31. The maximum atomic E-state index is 5.60. The summed E-state index contributed by atoms with van der Waals surface area (Å²) in [6, 6.07) is 8.11. The summed E-state index contributed by atoms with van der Waals surface area (Å²) in [5, 5.41) is 10.6. The van der Waals surface area contributed by atoms with Gasteiger partial charge >= 0.3 is 0 Å². The Morgan fingerprint density at radius 2 is 1.86 bits per heavy atom. The predicted octanol–water partition coefficient (Wildman–Crippen LogP) is 4.17. The fourth-order valence-electron chi connectivity index (χ4n) is 2.87. The average molecular weight is 509 g/mol. The third-order valence-electron chi connectivity index (χ3n) is 4.44. The summed E-state index contributed by atoms with van der Waals surface area (Å²) in [6.45, 7) is 9.95. The van der Waals surface area contributed by atoms with E-state index >= 15 is 0 Å². The van der Waals surface area contributed by atoms with Crippen molar-refractivity contribution in [2.24, 2.45) is 4.99 Å². The zero-order chi connectivity index (χ0) is 19.9. The highest BCUT2D eigenvalue weighted by Crippen LogP contribution is 2.19. The summed E-state index contributed by atoms with van der Waals surface area (Å²) >= 11 is 0. The van der Waals surface area contributed by atoms with Crippen molar-refractivity contribution in [1.82, 2.24) is 20.8 Å². The van der Waals surface area contributed by atoms with Crippen LogP contribution in [0.2, 0.25) is 0 Å². The van der Waals surface area contributed by atoms with Crippen molar-refractivity contribution in [3.63, 3.8) is 0 Å². The van der Waals surface area contributed by atoms with Crippen molar-refractivity contribution in [3.05, 3.63) is 58.8 Å². The number of halogens is 1. The van der Waals surface area contributed by atoms with Crippen molar-refractivity contribution in [1.29, 1.82) is 0 Å². The van der Waals surface area contributed by atoms with E-state index < -0.39 is 0 Å². The first kappa shape index (κ1) is 22.9. The van der Waals surface area contributed by atoms with Crippen LogP contribution in [0, 0.1) is 20.8 Å². The molecule has 0 bridgehead atoms. The Kier molecular flexibility index (Phi) is 8.69. The molecular weight excluding hydrogens is 481 g/mol. The Morgan fingerprint density at radius 3 is 2.52 bits per heavy atom. The third-order valence-corrected chi connectivity index (χ3v) is 4.44. The lowest BCUT2D eigenvalue weighted by Crippen LogP contribution is -2.38. The molecule has 2 aromatic heterocycles. The van der Waals surface area contributed by atoms with Crippen molar-refractivity contribution >= 4 is 29.9 Å². The van der Waals surface area contributed by atoms with Crippen molar-refractivity contribution < 1.29 is 8.94 Å².